The fourth-order valence-corrected chi connectivity index (χ4v) is 4.73. The van der Waals surface area contributed by atoms with Crippen LogP contribution in [0.15, 0.2) is 42.5 Å². The zero-order chi connectivity index (χ0) is 19.7. The van der Waals surface area contributed by atoms with Crippen molar-refractivity contribution in [2.75, 3.05) is 11.4 Å². The average molecular weight is 398 g/mol. The Morgan fingerprint density at radius 2 is 2.07 bits per heavy atom. The minimum atomic E-state index is -0.390. The van der Waals surface area contributed by atoms with Gasteiger partial charge in [0, 0.05) is 29.0 Å². The van der Waals surface area contributed by atoms with Crippen molar-refractivity contribution < 1.29 is 9.59 Å². The van der Waals surface area contributed by atoms with Gasteiger partial charge in [0.1, 0.15) is 5.69 Å². The van der Waals surface area contributed by atoms with Crippen LogP contribution >= 0.6 is 11.6 Å². The summed E-state index contributed by atoms with van der Waals surface area (Å²) in [5, 5.41) is 3.73. The maximum Gasteiger partial charge on any atom is 0.270 e. The van der Waals surface area contributed by atoms with Crippen LogP contribution in [0.25, 0.3) is 0 Å². The average Bonchev–Trinajstić information content (AvgIpc) is 2.97. The third kappa shape index (κ3) is 3.63. The standard InChI is InChI=1S/C22H24ClN3O2/c1-15-5-2-9-19(24-15)20(27)25-17-7-4-10-22(14-17)11-12-26(21(22)28)18-8-3-6-16(23)13-18/h2-3,5-6,8-9,13,17H,4,7,10-12,14H2,1H3,(H,25,27)/t17-,22-/m0/s1. The highest BCUT2D eigenvalue weighted by Gasteiger charge is 2.49. The number of carbonyl (C=O) groups is 2. The van der Waals surface area contributed by atoms with E-state index in [1.54, 1.807) is 6.07 Å². The Labute approximate surface area is 170 Å². The van der Waals surface area contributed by atoms with Gasteiger partial charge < -0.3 is 10.2 Å². The lowest BCUT2D eigenvalue weighted by molar-refractivity contribution is -0.127. The first-order chi connectivity index (χ1) is 13.5. The predicted molar refractivity (Wildman–Crippen MR) is 110 cm³/mol. The number of aromatic nitrogens is 1. The fraction of sp³-hybridized carbons (Fsp3) is 0.409. The molecule has 2 amide bonds. The van der Waals surface area contributed by atoms with Crippen molar-refractivity contribution in [3.05, 3.63) is 58.9 Å². The molecular weight excluding hydrogens is 374 g/mol. The Kier molecular flexibility index (Phi) is 5.11. The minimum Gasteiger partial charge on any atom is -0.348 e. The van der Waals surface area contributed by atoms with Gasteiger partial charge in [0.15, 0.2) is 0 Å². The van der Waals surface area contributed by atoms with E-state index in [0.29, 0.717) is 23.7 Å². The molecule has 0 unspecified atom stereocenters. The molecule has 0 bridgehead atoms. The van der Waals surface area contributed by atoms with E-state index in [9.17, 15) is 9.59 Å². The van der Waals surface area contributed by atoms with E-state index in [1.165, 1.54) is 0 Å². The molecule has 146 valence electrons. The van der Waals surface area contributed by atoms with Crippen LogP contribution in [0.3, 0.4) is 0 Å². The SMILES string of the molecule is Cc1cccc(C(=O)N[C@H]2CCC[C@]3(CCN(c4cccc(Cl)c4)C3=O)C2)n1. The molecule has 0 radical (unpaired) electrons. The zero-order valence-corrected chi connectivity index (χ0v) is 16.7. The summed E-state index contributed by atoms with van der Waals surface area (Å²) in [5.74, 6) is -0.00899. The lowest BCUT2D eigenvalue weighted by atomic mass is 9.71. The Morgan fingerprint density at radius 1 is 1.25 bits per heavy atom. The van der Waals surface area contributed by atoms with Gasteiger partial charge in [0.05, 0.1) is 5.41 Å². The first-order valence-corrected chi connectivity index (χ1v) is 10.2. The van der Waals surface area contributed by atoms with E-state index in [2.05, 4.69) is 10.3 Å². The molecule has 2 heterocycles. The number of pyridine rings is 1. The number of nitrogens with zero attached hydrogens (tertiary/aromatic N) is 2. The summed E-state index contributed by atoms with van der Waals surface area (Å²) in [6, 6.07) is 12.9. The van der Waals surface area contributed by atoms with Crippen LogP contribution in [0.4, 0.5) is 5.69 Å². The number of halogens is 1. The number of rotatable bonds is 3. The highest BCUT2D eigenvalue weighted by atomic mass is 35.5. The molecule has 1 aromatic heterocycles. The number of carbonyl (C=O) groups excluding carboxylic acids is 2. The lowest BCUT2D eigenvalue weighted by Gasteiger charge is -2.36. The Bertz CT molecular complexity index is 916. The largest absolute Gasteiger partial charge is 0.348 e. The second kappa shape index (κ2) is 7.55. The quantitative estimate of drug-likeness (QED) is 0.846. The Morgan fingerprint density at radius 3 is 2.86 bits per heavy atom. The van der Waals surface area contributed by atoms with E-state index in [1.807, 2.05) is 48.2 Å². The minimum absolute atomic E-state index is 0.00757. The van der Waals surface area contributed by atoms with Crippen molar-refractivity contribution in [3.8, 4) is 0 Å². The van der Waals surface area contributed by atoms with Crippen molar-refractivity contribution in [1.29, 1.82) is 0 Å². The maximum absolute atomic E-state index is 13.3. The van der Waals surface area contributed by atoms with Gasteiger partial charge in [0.25, 0.3) is 5.91 Å². The Balaban J connectivity index is 1.47. The molecule has 1 saturated carbocycles. The molecule has 1 aromatic carbocycles. The molecule has 5 nitrogen and oxygen atoms in total. The molecule has 4 rings (SSSR count). The summed E-state index contributed by atoms with van der Waals surface area (Å²) < 4.78 is 0. The molecular formula is C22H24ClN3O2. The summed E-state index contributed by atoms with van der Waals surface area (Å²) in [6.45, 7) is 2.56. The predicted octanol–water partition coefficient (Wildman–Crippen LogP) is 4.14. The van der Waals surface area contributed by atoms with Gasteiger partial charge in [-0.1, -0.05) is 30.2 Å². The van der Waals surface area contributed by atoms with Gasteiger partial charge in [-0.15, -0.1) is 0 Å². The molecule has 2 atom stereocenters. The molecule has 1 aliphatic carbocycles. The van der Waals surface area contributed by atoms with E-state index in [0.717, 1.165) is 37.1 Å². The highest BCUT2D eigenvalue weighted by Crippen LogP contribution is 2.46. The van der Waals surface area contributed by atoms with E-state index in [4.69, 9.17) is 11.6 Å². The summed E-state index contributed by atoms with van der Waals surface area (Å²) in [5.41, 5.74) is 1.71. The van der Waals surface area contributed by atoms with Crippen LogP contribution in [0.5, 0.6) is 0 Å². The van der Waals surface area contributed by atoms with Crippen molar-refractivity contribution >= 4 is 29.1 Å². The van der Waals surface area contributed by atoms with Crippen LogP contribution < -0.4 is 10.2 Å². The summed E-state index contributed by atoms with van der Waals surface area (Å²) in [7, 11) is 0. The number of amides is 2. The fourth-order valence-electron chi connectivity index (χ4n) is 4.55. The third-order valence-corrected chi connectivity index (χ3v) is 6.17. The van der Waals surface area contributed by atoms with E-state index < -0.39 is 5.41 Å². The lowest BCUT2D eigenvalue weighted by Crippen LogP contribution is -2.46. The molecule has 6 heteroatoms. The van der Waals surface area contributed by atoms with E-state index >= 15 is 0 Å². The molecule has 28 heavy (non-hydrogen) atoms. The van der Waals surface area contributed by atoms with Gasteiger partial charge in [-0.3, -0.25) is 9.59 Å². The van der Waals surface area contributed by atoms with Gasteiger partial charge >= 0.3 is 0 Å². The second-order valence-electron chi connectivity index (χ2n) is 7.90. The third-order valence-electron chi connectivity index (χ3n) is 5.93. The molecule has 1 N–H and O–H groups in total. The zero-order valence-electron chi connectivity index (χ0n) is 16.0. The number of anilines is 1. The van der Waals surface area contributed by atoms with Gasteiger partial charge in [-0.2, -0.15) is 0 Å². The Hall–Kier alpha value is -2.40. The monoisotopic (exact) mass is 397 g/mol. The number of hydrogen-bond acceptors (Lipinski definition) is 3. The maximum atomic E-state index is 13.3. The summed E-state index contributed by atoms with van der Waals surface area (Å²) >= 11 is 6.11. The van der Waals surface area contributed by atoms with Crippen molar-refractivity contribution in [1.82, 2.24) is 10.3 Å². The summed E-state index contributed by atoms with van der Waals surface area (Å²) in [6.07, 6.45) is 4.19. The first kappa shape index (κ1) is 18.9. The van der Waals surface area contributed by atoms with Crippen LogP contribution in [-0.2, 0) is 4.79 Å². The number of aryl methyl sites for hydroxylation is 1. The molecule has 1 aliphatic heterocycles. The number of benzene rings is 1. The summed E-state index contributed by atoms with van der Waals surface area (Å²) in [4.78, 5) is 32.0. The van der Waals surface area contributed by atoms with Gasteiger partial charge in [0.2, 0.25) is 5.91 Å². The normalized spacial score (nSPS) is 24.6. The van der Waals surface area contributed by atoms with Gasteiger partial charge in [-0.05, 0) is 62.9 Å². The molecule has 2 aliphatic rings. The molecule has 2 fully saturated rings. The molecule has 2 aromatic rings. The van der Waals surface area contributed by atoms with Crippen molar-refractivity contribution in [2.24, 2.45) is 5.41 Å². The van der Waals surface area contributed by atoms with Crippen LogP contribution in [0.2, 0.25) is 5.02 Å². The van der Waals surface area contributed by atoms with Crippen LogP contribution in [-0.4, -0.2) is 29.4 Å². The van der Waals surface area contributed by atoms with Crippen LogP contribution in [0.1, 0.15) is 48.3 Å². The first-order valence-electron chi connectivity index (χ1n) is 9.79. The molecule has 1 spiro atoms. The van der Waals surface area contributed by atoms with E-state index in [-0.39, 0.29) is 17.9 Å². The number of hydrogen-bond donors (Lipinski definition) is 1. The highest BCUT2D eigenvalue weighted by molar-refractivity contribution is 6.31. The van der Waals surface area contributed by atoms with Crippen molar-refractivity contribution in [3.63, 3.8) is 0 Å². The smallest absolute Gasteiger partial charge is 0.270 e. The van der Waals surface area contributed by atoms with Crippen molar-refractivity contribution in [2.45, 2.75) is 45.1 Å². The number of nitrogens with one attached hydrogen (secondary N) is 1. The van der Waals surface area contributed by atoms with Crippen LogP contribution in [0, 0.1) is 12.3 Å². The van der Waals surface area contributed by atoms with Gasteiger partial charge in [-0.25, -0.2) is 4.98 Å². The second-order valence-corrected chi connectivity index (χ2v) is 8.33. The molecule has 1 saturated heterocycles. The topological polar surface area (TPSA) is 62.3 Å².